The largest absolute Gasteiger partial charge is 0.0655 e. The fourth-order valence-electron chi connectivity index (χ4n) is 4.36. The molecule has 0 aliphatic heterocycles. The van der Waals surface area contributed by atoms with Crippen LogP contribution in [-0.4, -0.2) is 0 Å². The Morgan fingerprint density at radius 2 is 1.71 bits per heavy atom. The van der Waals surface area contributed by atoms with Gasteiger partial charge in [-0.3, -0.25) is 0 Å². The molecule has 24 heavy (non-hydrogen) atoms. The minimum atomic E-state index is 0.212. The molecule has 0 heterocycles. The number of hydrogen-bond donors (Lipinski definition) is 0. The Balaban J connectivity index is 1.91. The molecular formula is C24H28. The van der Waals surface area contributed by atoms with Gasteiger partial charge in [-0.25, -0.2) is 0 Å². The van der Waals surface area contributed by atoms with E-state index in [9.17, 15) is 0 Å². The predicted molar refractivity (Wildman–Crippen MR) is 105 cm³/mol. The molecule has 0 aromatic heterocycles. The van der Waals surface area contributed by atoms with Gasteiger partial charge in [-0.05, 0) is 70.5 Å². The monoisotopic (exact) mass is 316 g/mol. The van der Waals surface area contributed by atoms with Gasteiger partial charge in [0.1, 0.15) is 0 Å². The summed E-state index contributed by atoms with van der Waals surface area (Å²) in [5.74, 6) is 0.568. The van der Waals surface area contributed by atoms with E-state index in [4.69, 9.17) is 0 Å². The lowest BCUT2D eigenvalue weighted by atomic mass is 9.84. The molecule has 0 heteroatoms. The highest BCUT2D eigenvalue weighted by molar-refractivity contribution is 5.85. The van der Waals surface area contributed by atoms with Crippen LogP contribution in [0.4, 0.5) is 0 Å². The first-order chi connectivity index (χ1) is 11.4. The summed E-state index contributed by atoms with van der Waals surface area (Å²) in [6.07, 6.45) is 6.23. The van der Waals surface area contributed by atoms with Crippen LogP contribution >= 0.6 is 0 Å². The molecule has 2 aliphatic rings. The molecule has 2 aromatic carbocycles. The maximum atomic E-state index is 2.50. The Hall–Kier alpha value is -1.82. The van der Waals surface area contributed by atoms with Crippen LogP contribution in [0.2, 0.25) is 0 Å². The van der Waals surface area contributed by atoms with E-state index in [2.05, 4.69) is 71.0 Å². The van der Waals surface area contributed by atoms with Gasteiger partial charge < -0.3 is 0 Å². The molecule has 1 unspecified atom stereocenters. The molecule has 0 fully saturated rings. The van der Waals surface area contributed by atoms with Crippen LogP contribution in [0.1, 0.15) is 74.8 Å². The second kappa shape index (κ2) is 5.34. The molecule has 2 aromatic rings. The van der Waals surface area contributed by atoms with Crippen molar-refractivity contribution >= 4 is 6.08 Å². The highest BCUT2D eigenvalue weighted by Crippen LogP contribution is 2.46. The molecular weight excluding hydrogens is 288 g/mol. The summed E-state index contributed by atoms with van der Waals surface area (Å²) in [5.41, 5.74) is 12.3. The number of fused-ring (bicyclic) bond motifs is 2. The summed E-state index contributed by atoms with van der Waals surface area (Å²) in [6.45, 7) is 11.5. The first-order valence-electron chi connectivity index (χ1n) is 9.34. The Morgan fingerprint density at radius 3 is 2.38 bits per heavy atom. The van der Waals surface area contributed by atoms with Gasteiger partial charge >= 0.3 is 0 Å². The summed E-state index contributed by atoms with van der Waals surface area (Å²) in [4.78, 5) is 0. The second-order valence-electron chi connectivity index (χ2n) is 8.68. The van der Waals surface area contributed by atoms with Crippen molar-refractivity contribution in [2.24, 2.45) is 0 Å². The maximum absolute atomic E-state index is 2.50. The zero-order valence-corrected chi connectivity index (χ0v) is 15.7. The minimum absolute atomic E-state index is 0.212. The maximum Gasteiger partial charge on any atom is 0.00266 e. The third kappa shape index (κ3) is 2.35. The summed E-state index contributed by atoms with van der Waals surface area (Å²) in [7, 11) is 0. The van der Waals surface area contributed by atoms with Crippen molar-refractivity contribution in [2.45, 2.75) is 65.2 Å². The predicted octanol–water partition coefficient (Wildman–Crippen LogP) is 6.66. The van der Waals surface area contributed by atoms with E-state index in [1.54, 1.807) is 16.7 Å². The van der Waals surface area contributed by atoms with E-state index in [1.165, 1.54) is 47.1 Å². The van der Waals surface area contributed by atoms with Gasteiger partial charge in [0.05, 0.1) is 0 Å². The zero-order chi connectivity index (χ0) is 17.1. The number of allylic oxidation sites excluding steroid dienone is 1. The third-order valence-corrected chi connectivity index (χ3v) is 6.03. The molecule has 1 atom stereocenters. The molecule has 124 valence electrons. The quantitative estimate of drug-likeness (QED) is 0.552. The van der Waals surface area contributed by atoms with Crippen molar-refractivity contribution < 1.29 is 0 Å². The molecule has 2 aliphatic carbocycles. The van der Waals surface area contributed by atoms with E-state index in [-0.39, 0.29) is 5.41 Å². The van der Waals surface area contributed by atoms with Crippen LogP contribution in [0.15, 0.2) is 35.9 Å². The average molecular weight is 316 g/mol. The number of hydrogen-bond acceptors (Lipinski definition) is 0. The van der Waals surface area contributed by atoms with Crippen molar-refractivity contribution in [1.82, 2.24) is 0 Å². The molecule has 0 saturated heterocycles. The van der Waals surface area contributed by atoms with Gasteiger partial charge in [0.2, 0.25) is 0 Å². The molecule has 0 spiro atoms. The molecule has 0 saturated carbocycles. The van der Waals surface area contributed by atoms with Gasteiger partial charge in [-0.1, -0.05) is 69.7 Å². The van der Waals surface area contributed by atoms with E-state index in [1.807, 2.05) is 0 Å². The number of benzene rings is 2. The number of aryl methyl sites for hydroxylation is 1. The summed E-state index contributed by atoms with van der Waals surface area (Å²) < 4.78 is 0. The van der Waals surface area contributed by atoms with Crippen molar-refractivity contribution in [3.05, 3.63) is 63.7 Å². The fourth-order valence-corrected chi connectivity index (χ4v) is 4.36. The Labute approximate surface area is 146 Å². The Morgan fingerprint density at radius 1 is 1.00 bits per heavy atom. The van der Waals surface area contributed by atoms with Crippen molar-refractivity contribution in [1.29, 1.82) is 0 Å². The van der Waals surface area contributed by atoms with Gasteiger partial charge in [0, 0.05) is 5.92 Å². The van der Waals surface area contributed by atoms with Crippen LogP contribution < -0.4 is 0 Å². The first kappa shape index (κ1) is 15.7. The number of rotatable bonds is 1. The summed E-state index contributed by atoms with van der Waals surface area (Å²) in [6, 6.07) is 11.8. The molecule has 0 radical (unpaired) electrons. The normalized spacial score (nSPS) is 19.2. The second-order valence-corrected chi connectivity index (χ2v) is 8.68. The van der Waals surface area contributed by atoms with Gasteiger partial charge in [0.15, 0.2) is 0 Å². The van der Waals surface area contributed by atoms with E-state index in [0.29, 0.717) is 5.92 Å². The van der Waals surface area contributed by atoms with Crippen LogP contribution in [-0.2, 0) is 18.3 Å². The lowest BCUT2D eigenvalue weighted by Gasteiger charge is -2.21. The van der Waals surface area contributed by atoms with Crippen LogP contribution in [0, 0.1) is 0 Å². The topological polar surface area (TPSA) is 0 Å². The zero-order valence-electron chi connectivity index (χ0n) is 15.7. The standard InChI is InChI=1S/C24H28/c1-15-13-22-21(16(15)2)14-18-7-6-8-20(18)23(22)17-9-11-19(12-10-17)24(3,4)5/h9-14,16H,6-8H2,1-5H3. The molecule has 0 bridgehead atoms. The van der Waals surface area contributed by atoms with E-state index < -0.39 is 0 Å². The minimum Gasteiger partial charge on any atom is -0.0655 e. The Kier molecular flexibility index (Phi) is 3.49. The summed E-state index contributed by atoms with van der Waals surface area (Å²) in [5, 5.41) is 0. The lowest BCUT2D eigenvalue weighted by Crippen LogP contribution is -2.10. The van der Waals surface area contributed by atoms with E-state index in [0.717, 1.165) is 0 Å². The third-order valence-electron chi connectivity index (χ3n) is 6.03. The SMILES string of the molecule is CC1=Cc2c(cc3c(c2-c2ccc(C(C)(C)C)cc2)CCC3)C1C. The van der Waals surface area contributed by atoms with Crippen LogP contribution in [0.5, 0.6) is 0 Å². The van der Waals surface area contributed by atoms with Crippen molar-refractivity contribution in [3.8, 4) is 11.1 Å². The fraction of sp³-hybridized carbons (Fsp3) is 0.417. The van der Waals surface area contributed by atoms with Crippen molar-refractivity contribution in [3.63, 3.8) is 0 Å². The van der Waals surface area contributed by atoms with Gasteiger partial charge in [-0.15, -0.1) is 0 Å². The first-order valence-corrected chi connectivity index (χ1v) is 9.34. The highest BCUT2D eigenvalue weighted by atomic mass is 14.3. The van der Waals surface area contributed by atoms with Crippen LogP contribution in [0.25, 0.3) is 17.2 Å². The van der Waals surface area contributed by atoms with Crippen LogP contribution in [0.3, 0.4) is 0 Å². The Bertz CT molecular complexity index is 826. The van der Waals surface area contributed by atoms with Gasteiger partial charge in [-0.2, -0.15) is 0 Å². The van der Waals surface area contributed by atoms with Gasteiger partial charge in [0.25, 0.3) is 0 Å². The summed E-state index contributed by atoms with van der Waals surface area (Å²) >= 11 is 0. The smallest absolute Gasteiger partial charge is 0.00266 e. The molecule has 4 rings (SSSR count). The van der Waals surface area contributed by atoms with Crippen molar-refractivity contribution in [2.75, 3.05) is 0 Å². The molecule has 0 nitrogen and oxygen atoms in total. The highest BCUT2D eigenvalue weighted by Gasteiger charge is 2.27. The lowest BCUT2D eigenvalue weighted by molar-refractivity contribution is 0.590. The van der Waals surface area contributed by atoms with E-state index >= 15 is 0 Å². The average Bonchev–Trinajstić information content (AvgIpc) is 3.10. The molecule has 0 N–H and O–H groups in total. The molecule has 0 amide bonds.